The molecule has 192 valence electrons. The van der Waals surface area contributed by atoms with Crippen molar-refractivity contribution in [3.8, 4) is 17.2 Å². The van der Waals surface area contributed by atoms with Crippen molar-refractivity contribution in [3.05, 3.63) is 78.4 Å². The van der Waals surface area contributed by atoms with Crippen LogP contribution in [0.2, 0.25) is 0 Å². The molecule has 0 saturated carbocycles. The third-order valence-electron chi connectivity index (χ3n) is 6.17. The topological polar surface area (TPSA) is 80.3 Å². The van der Waals surface area contributed by atoms with Crippen molar-refractivity contribution >= 4 is 40.5 Å². The van der Waals surface area contributed by atoms with Gasteiger partial charge in [-0.1, -0.05) is 24.3 Å². The van der Waals surface area contributed by atoms with Gasteiger partial charge in [0.25, 0.3) is 5.91 Å². The van der Waals surface area contributed by atoms with Gasteiger partial charge in [-0.3, -0.25) is 14.5 Å². The van der Waals surface area contributed by atoms with E-state index in [1.165, 1.54) is 4.90 Å². The van der Waals surface area contributed by atoms with Crippen LogP contribution in [0.4, 0.5) is 11.4 Å². The Kier molecular flexibility index (Phi) is 8.25. The molecule has 0 radical (unpaired) electrons. The second-order valence-corrected chi connectivity index (χ2v) is 8.79. The number of methoxy groups -OCH3 is 3. The third kappa shape index (κ3) is 5.83. The predicted molar refractivity (Wildman–Crippen MR) is 147 cm³/mol. The standard InChI is InChI=1S/C28H29N3O5S/c1-34-22-12-10-20(11-13-22)29-26(32)18-23-27(33)31(21-7-5-4-6-8-21)28(37)30(23)16-15-19-9-14-24(35-2)25(17-19)36-3/h4-14,17,23H,15-16,18H2,1-3H3,(H,29,32)/t23-/m1/s1. The summed E-state index contributed by atoms with van der Waals surface area (Å²) >= 11 is 5.75. The van der Waals surface area contributed by atoms with Crippen molar-refractivity contribution in [2.75, 3.05) is 38.1 Å². The first-order chi connectivity index (χ1) is 17.9. The lowest BCUT2D eigenvalue weighted by Crippen LogP contribution is -2.39. The monoisotopic (exact) mass is 519 g/mol. The summed E-state index contributed by atoms with van der Waals surface area (Å²) in [5.41, 5.74) is 2.29. The summed E-state index contributed by atoms with van der Waals surface area (Å²) in [6.45, 7) is 0.448. The van der Waals surface area contributed by atoms with Gasteiger partial charge < -0.3 is 24.4 Å². The summed E-state index contributed by atoms with van der Waals surface area (Å²) in [5.74, 6) is 1.45. The highest BCUT2D eigenvalue weighted by Gasteiger charge is 2.43. The maximum absolute atomic E-state index is 13.6. The minimum Gasteiger partial charge on any atom is -0.497 e. The van der Waals surface area contributed by atoms with Gasteiger partial charge >= 0.3 is 0 Å². The number of benzene rings is 3. The molecule has 3 aromatic carbocycles. The van der Waals surface area contributed by atoms with Gasteiger partial charge in [0.05, 0.1) is 33.4 Å². The molecule has 1 saturated heterocycles. The number of hydrogen-bond acceptors (Lipinski definition) is 6. The molecular weight excluding hydrogens is 490 g/mol. The lowest BCUT2D eigenvalue weighted by Gasteiger charge is -2.24. The minimum atomic E-state index is -0.730. The second kappa shape index (κ2) is 11.7. The van der Waals surface area contributed by atoms with Gasteiger partial charge in [0, 0.05) is 12.2 Å². The molecule has 0 aromatic heterocycles. The number of hydrogen-bond donors (Lipinski definition) is 1. The van der Waals surface area contributed by atoms with Crippen molar-refractivity contribution in [2.24, 2.45) is 0 Å². The SMILES string of the molecule is COc1ccc(NC(=O)C[C@@H]2C(=O)N(c3ccccc3)C(=S)N2CCc2ccc(OC)c(OC)c2)cc1. The number of amides is 2. The first kappa shape index (κ1) is 26.0. The van der Waals surface area contributed by atoms with E-state index in [2.05, 4.69) is 5.32 Å². The van der Waals surface area contributed by atoms with Gasteiger partial charge in [0.2, 0.25) is 5.91 Å². The average molecular weight is 520 g/mol. The molecule has 1 atom stereocenters. The van der Waals surface area contributed by atoms with E-state index >= 15 is 0 Å². The van der Waals surface area contributed by atoms with Crippen LogP contribution in [0.1, 0.15) is 12.0 Å². The molecule has 0 aliphatic carbocycles. The lowest BCUT2D eigenvalue weighted by molar-refractivity contribution is -0.124. The van der Waals surface area contributed by atoms with Crippen LogP contribution in [-0.2, 0) is 16.0 Å². The molecule has 1 aliphatic rings. The van der Waals surface area contributed by atoms with E-state index in [0.29, 0.717) is 46.7 Å². The van der Waals surface area contributed by atoms with Crippen LogP contribution < -0.4 is 24.4 Å². The molecule has 1 aliphatic heterocycles. The Morgan fingerprint density at radius 1 is 0.919 bits per heavy atom. The van der Waals surface area contributed by atoms with Gasteiger partial charge in [-0.2, -0.15) is 0 Å². The molecule has 0 unspecified atom stereocenters. The number of para-hydroxylation sites is 1. The Bertz CT molecular complexity index is 1270. The zero-order valence-electron chi connectivity index (χ0n) is 21.0. The molecule has 4 rings (SSSR count). The molecule has 2 amide bonds. The van der Waals surface area contributed by atoms with Gasteiger partial charge in [0.1, 0.15) is 11.8 Å². The van der Waals surface area contributed by atoms with Crippen molar-refractivity contribution in [3.63, 3.8) is 0 Å². The van der Waals surface area contributed by atoms with Crippen LogP contribution in [0.5, 0.6) is 17.2 Å². The Hall–Kier alpha value is -4.11. The maximum atomic E-state index is 13.6. The number of nitrogens with one attached hydrogen (secondary N) is 1. The van der Waals surface area contributed by atoms with E-state index in [1.807, 2.05) is 53.4 Å². The Balaban J connectivity index is 1.54. The van der Waals surface area contributed by atoms with Gasteiger partial charge in [-0.05, 0) is 72.7 Å². The van der Waals surface area contributed by atoms with E-state index in [1.54, 1.807) is 45.6 Å². The fourth-order valence-electron chi connectivity index (χ4n) is 4.25. The molecule has 0 spiro atoms. The van der Waals surface area contributed by atoms with E-state index in [9.17, 15) is 9.59 Å². The van der Waals surface area contributed by atoms with E-state index < -0.39 is 6.04 Å². The number of nitrogens with zero attached hydrogens (tertiary/aromatic N) is 2. The number of thiocarbonyl (C=S) groups is 1. The summed E-state index contributed by atoms with van der Waals surface area (Å²) in [6, 6.07) is 21.2. The van der Waals surface area contributed by atoms with Crippen LogP contribution in [0, 0.1) is 0 Å². The van der Waals surface area contributed by atoms with Crippen LogP contribution in [-0.4, -0.2) is 55.7 Å². The first-order valence-electron chi connectivity index (χ1n) is 11.8. The van der Waals surface area contributed by atoms with Gasteiger partial charge in [-0.15, -0.1) is 0 Å². The highest BCUT2D eigenvalue weighted by atomic mass is 32.1. The zero-order chi connectivity index (χ0) is 26.4. The summed E-state index contributed by atoms with van der Waals surface area (Å²) in [4.78, 5) is 29.9. The smallest absolute Gasteiger partial charge is 0.256 e. The first-order valence-corrected chi connectivity index (χ1v) is 12.2. The molecule has 0 bridgehead atoms. The van der Waals surface area contributed by atoms with Crippen molar-refractivity contribution in [2.45, 2.75) is 18.9 Å². The number of rotatable bonds is 10. The summed E-state index contributed by atoms with van der Waals surface area (Å²) in [5, 5.41) is 3.24. The second-order valence-electron chi connectivity index (χ2n) is 8.42. The Labute approximate surface area is 221 Å². The van der Waals surface area contributed by atoms with E-state index in [0.717, 1.165) is 5.56 Å². The average Bonchev–Trinajstić information content (AvgIpc) is 3.16. The quantitative estimate of drug-likeness (QED) is 0.401. The van der Waals surface area contributed by atoms with Crippen LogP contribution >= 0.6 is 12.2 Å². The largest absolute Gasteiger partial charge is 0.497 e. The Morgan fingerprint density at radius 2 is 1.62 bits per heavy atom. The van der Waals surface area contributed by atoms with Crippen LogP contribution in [0.3, 0.4) is 0 Å². The number of carbonyl (C=O) groups is 2. The predicted octanol–water partition coefficient (Wildman–Crippen LogP) is 4.29. The minimum absolute atomic E-state index is 0.0414. The maximum Gasteiger partial charge on any atom is 0.256 e. The van der Waals surface area contributed by atoms with Crippen molar-refractivity contribution in [1.82, 2.24) is 4.90 Å². The molecule has 1 fully saturated rings. The molecule has 8 nitrogen and oxygen atoms in total. The van der Waals surface area contributed by atoms with Crippen LogP contribution in [0.25, 0.3) is 0 Å². The molecule has 3 aromatic rings. The van der Waals surface area contributed by atoms with Gasteiger partial charge in [-0.25, -0.2) is 0 Å². The van der Waals surface area contributed by atoms with Gasteiger partial charge in [0.15, 0.2) is 16.6 Å². The molecule has 1 N–H and O–H groups in total. The molecule has 9 heteroatoms. The summed E-state index contributed by atoms with van der Waals surface area (Å²) < 4.78 is 15.9. The van der Waals surface area contributed by atoms with Crippen LogP contribution in [0.15, 0.2) is 72.8 Å². The van der Waals surface area contributed by atoms with E-state index in [-0.39, 0.29) is 18.2 Å². The number of ether oxygens (including phenoxy) is 3. The number of anilines is 2. The number of carbonyl (C=O) groups excluding carboxylic acids is 2. The fraction of sp³-hybridized carbons (Fsp3) is 0.250. The Morgan fingerprint density at radius 3 is 2.27 bits per heavy atom. The normalized spacial score (nSPS) is 15.1. The lowest BCUT2D eigenvalue weighted by atomic mass is 10.1. The third-order valence-corrected chi connectivity index (χ3v) is 6.59. The summed E-state index contributed by atoms with van der Waals surface area (Å²) in [7, 11) is 4.76. The highest BCUT2D eigenvalue weighted by Crippen LogP contribution is 2.30. The van der Waals surface area contributed by atoms with Crippen molar-refractivity contribution < 1.29 is 23.8 Å². The fourth-order valence-corrected chi connectivity index (χ4v) is 4.66. The molecule has 37 heavy (non-hydrogen) atoms. The van der Waals surface area contributed by atoms with Crippen molar-refractivity contribution in [1.29, 1.82) is 0 Å². The molecular formula is C28H29N3O5S. The zero-order valence-corrected chi connectivity index (χ0v) is 21.8. The highest BCUT2D eigenvalue weighted by molar-refractivity contribution is 7.80. The van der Waals surface area contributed by atoms with E-state index in [4.69, 9.17) is 26.4 Å². The molecule has 1 heterocycles. The summed E-state index contributed by atoms with van der Waals surface area (Å²) in [6.07, 6.45) is 0.549.